The molecule has 0 saturated carbocycles. The Morgan fingerprint density at radius 1 is 0.778 bits per heavy atom. The van der Waals surface area contributed by atoms with Gasteiger partial charge in [0.1, 0.15) is 11.3 Å². The van der Waals surface area contributed by atoms with Gasteiger partial charge in [-0.25, -0.2) is 4.98 Å². The van der Waals surface area contributed by atoms with E-state index in [2.05, 4.69) is 86.5 Å². The van der Waals surface area contributed by atoms with Crippen LogP contribution in [0.2, 0.25) is 0 Å². The van der Waals surface area contributed by atoms with Crippen LogP contribution in [0, 0.1) is 27.7 Å². The Morgan fingerprint density at radius 2 is 1.48 bits per heavy atom. The van der Waals surface area contributed by atoms with Crippen molar-refractivity contribution in [1.82, 2.24) is 9.38 Å². The standard InChI is InChI=1S/C23H22N4/c1-15-8-10-19(11-9-15)22-23(27-13-12-16(2)14-20(27)24-22)26-25-21-17(3)6-5-7-18(21)4/h5-14H,1-4H3. The fraction of sp³-hybridized carbons (Fsp3) is 0.174. The lowest BCUT2D eigenvalue weighted by molar-refractivity contribution is 1.09. The van der Waals surface area contributed by atoms with Gasteiger partial charge in [-0.2, -0.15) is 0 Å². The first-order valence-electron chi connectivity index (χ1n) is 9.06. The van der Waals surface area contributed by atoms with Gasteiger partial charge >= 0.3 is 0 Å². The summed E-state index contributed by atoms with van der Waals surface area (Å²) in [4.78, 5) is 4.84. The molecule has 27 heavy (non-hydrogen) atoms. The molecule has 0 amide bonds. The van der Waals surface area contributed by atoms with Crippen LogP contribution >= 0.6 is 0 Å². The summed E-state index contributed by atoms with van der Waals surface area (Å²) in [7, 11) is 0. The number of imidazole rings is 1. The predicted molar refractivity (Wildman–Crippen MR) is 110 cm³/mol. The Bertz CT molecular complexity index is 1130. The fourth-order valence-electron chi connectivity index (χ4n) is 3.20. The SMILES string of the molecule is Cc1ccc(-c2nc3cc(C)ccn3c2N=Nc2c(C)cccc2C)cc1. The number of hydrogen-bond donors (Lipinski definition) is 0. The number of fused-ring (bicyclic) bond motifs is 1. The van der Waals surface area contributed by atoms with Crippen LogP contribution in [0.3, 0.4) is 0 Å². The van der Waals surface area contributed by atoms with Crippen molar-refractivity contribution in [3.63, 3.8) is 0 Å². The topological polar surface area (TPSA) is 42.0 Å². The summed E-state index contributed by atoms with van der Waals surface area (Å²) in [6.07, 6.45) is 2.01. The van der Waals surface area contributed by atoms with Gasteiger partial charge in [0, 0.05) is 11.8 Å². The number of aryl methyl sites for hydroxylation is 4. The summed E-state index contributed by atoms with van der Waals surface area (Å²) >= 11 is 0. The van der Waals surface area contributed by atoms with Crippen LogP contribution in [0.5, 0.6) is 0 Å². The van der Waals surface area contributed by atoms with Crippen LogP contribution < -0.4 is 0 Å². The third-order valence-corrected chi connectivity index (χ3v) is 4.77. The lowest BCUT2D eigenvalue weighted by Gasteiger charge is -2.04. The maximum Gasteiger partial charge on any atom is 0.187 e. The van der Waals surface area contributed by atoms with Gasteiger partial charge in [0.2, 0.25) is 0 Å². The first-order valence-corrected chi connectivity index (χ1v) is 9.06. The average molecular weight is 354 g/mol. The van der Waals surface area contributed by atoms with Crippen LogP contribution in [0.15, 0.2) is 71.0 Å². The quantitative estimate of drug-likeness (QED) is 0.380. The van der Waals surface area contributed by atoms with Crippen molar-refractivity contribution in [1.29, 1.82) is 0 Å². The van der Waals surface area contributed by atoms with Crippen LogP contribution in [-0.2, 0) is 0 Å². The van der Waals surface area contributed by atoms with Crippen molar-refractivity contribution in [3.8, 4) is 11.3 Å². The van der Waals surface area contributed by atoms with Gasteiger partial charge in [0.05, 0.1) is 5.69 Å². The van der Waals surface area contributed by atoms with Gasteiger partial charge in [0.15, 0.2) is 5.82 Å². The van der Waals surface area contributed by atoms with Crippen LogP contribution in [0.25, 0.3) is 16.9 Å². The molecule has 0 unspecified atom stereocenters. The van der Waals surface area contributed by atoms with Gasteiger partial charge in [0.25, 0.3) is 0 Å². The zero-order valence-corrected chi connectivity index (χ0v) is 16.1. The highest BCUT2D eigenvalue weighted by atomic mass is 15.2. The first-order chi connectivity index (χ1) is 13.0. The second kappa shape index (κ2) is 6.80. The molecule has 134 valence electrons. The smallest absolute Gasteiger partial charge is 0.187 e. The fourth-order valence-corrected chi connectivity index (χ4v) is 3.20. The minimum absolute atomic E-state index is 0.747. The van der Waals surface area contributed by atoms with Gasteiger partial charge in [-0.05, 0) is 56.5 Å². The van der Waals surface area contributed by atoms with E-state index in [0.717, 1.165) is 39.5 Å². The summed E-state index contributed by atoms with van der Waals surface area (Å²) in [5, 5.41) is 9.23. The second-order valence-electron chi connectivity index (χ2n) is 7.02. The molecule has 0 N–H and O–H groups in total. The maximum atomic E-state index is 4.84. The molecular formula is C23H22N4. The molecule has 0 aliphatic rings. The van der Waals surface area contributed by atoms with Crippen molar-refractivity contribution in [2.24, 2.45) is 10.2 Å². The van der Waals surface area contributed by atoms with E-state index in [1.54, 1.807) is 0 Å². The highest BCUT2D eigenvalue weighted by molar-refractivity contribution is 5.74. The Morgan fingerprint density at radius 3 is 2.19 bits per heavy atom. The Labute approximate surface area is 159 Å². The van der Waals surface area contributed by atoms with Gasteiger partial charge < -0.3 is 0 Å². The predicted octanol–water partition coefficient (Wildman–Crippen LogP) is 6.65. The molecule has 2 aromatic carbocycles. The van der Waals surface area contributed by atoms with Crippen LogP contribution in [-0.4, -0.2) is 9.38 Å². The minimum Gasteiger partial charge on any atom is -0.283 e. The largest absolute Gasteiger partial charge is 0.283 e. The lowest BCUT2D eigenvalue weighted by atomic mass is 10.1. The average Bonchev–Trinajstić information content (AvgIpc) is 2.99. The van der Waals surface area contributed by atoms with Gasteiger partial charge in [-0.1, -0.05) is 48.0 Å². The summed E-state index contributed by atoms with van der Waals surface area (Å²) in [5.41, 5.74) is 8.28. The number of nitrogens with zero attached hydrogens (tertiary/aromatic N) is 4. The zero-order chi connectivity index (χ0) is 19.0. The summed E-state index contributed by atoms with van der Waals surface area (Å²) < 4.78 is 2.00. The van der Waals surface area contributed by atoms with E-state index in [1.807, 2.05) is 16.7 Å². The molecule has 4 nitrogen and oxygen atoms in total. The summed E-state index contributed by atoms with van der Waals surface area (Å²) in [5.74, 6) is 0.747. The molecule has 0 fully saturated rings. The molecule has 0 bridgehead atoms. The molecule has 4 heteroatoms. The van der Waals surface area contributed by atoms with Crippen LogP contribution in [0.4, 0.5) is 11.5 Å². The number of benzene rings is 2. The summed E-state index contributed by atoms with van der Waals surface area (Å²) in [6, 6.07) is 18.6. The molecule has 2 aromatic heterocycles. The van der Waals surface area contributed by atoms with Crippen LogP contribution in [0.1, 0.15) is 22.3 Å². The third-order valence-electron chi connectivity index (χ3n) is 4.77. The Kier molecular flexibility index (Phi) is 4.32. The van der Waals surface area contributed by atoms with E-state index in [4.69, 9.17) is 4.98 Å². The number of aromatic nitrogens is 2. The molecule has 0 aliphatic carbocycles. The summed E-state index contributed by atoms with van der Waals surface area (Å²) in [6.45, 7) is 8.26. The van der Waals surface area contributed by atoms with E-state index in [0.29, 0.717) is 0 Å². The molecular weight excluding hydrogens is 332 g/mol. The van der Waals surface area contributed by atoms with Crippen molar-refractivity contribution in [2.75, 3.05) is 0 Å². The molecule has 0 radical (unpaired) electrons. The third kappa shape index (κ3) is 3.26. The van der Waals surface area contributed by atoms with Crippen molar-refractivity contribution >= 4 is 17.2 Å². The minimum atomic E-state index is 0.747. The Hall–Kier alpha value is -3.27. The number of pyridine rings is 1. The molecule has 0 aliphatic heterocycles. The molecule has 0 atom stereocenters. The molecule has 2 heterocycles. The van der Waals surface area contributed by atoms with Gasteiger partial charge in [-0.3, -0.25) is 4.40 Å². The van der Waals surface area contributed by atoms with E-state index < -0.39 is 0 Å². The van der Waals surface area contributed by atoms with E-state index in [1.165, 1.54) is 11.1 Å². The van der Waals surface area contributed by atoms with Crippen molar-refractivity contribution in [2.45, 2.75) is 27.7 Å². The lowest BCUT2D eigenvalue weighted by Crippen LogP contribution is -1.84. The van der Waals surface area contributed by atoms with E-state index >= 15 is 0 Å². The number of rotatable bonds is 3. The molecule has 4 rings (SSSR count). The van der Waals surface area contributed by atoms with Gasteiger partial charge in [-0.15, -0.1) is 10.2 Å². The van der Waals surface area contributed by atoms with Crippen molar-refractivity contribution in [3.05, 3.63) is 83.0 Å². The van der Waals surface area contributed by atoms with E-state index in [9.17, 15) is 0 Å². The zero-order valence-electron chi connectivity index (χ0n) is 16.1. The number of hydrogen-bond acceptors (Lipinski definition) is 3. The Balaban J connectivity index is 1.91. The highest BCUT2D eigenvalue weighted by Gasteiger charge is 2.14. The van der Waals surface area contributed by atoms with Crippen molar-refractivity contribution < 1.29 is 0 Å². The normalized spacial score (nSPS) is 11.6. The highest BCUT2D eigenvalue weighted by Crippen LogP contribution is 2.33. The monoisotopic (exact) mass is 354 g/mol. The number of azo groups is 1. The molecule has 0 saturated heterocycles. The maximum absolute atomic E-state index is 4.84. The van der Waals surface area contributed by atoms with E-state index in [-0.39, 0.29) is 0 Å². The second-order valence-corrected chi connectivity index (χ2v) is 7.02. The molecule has 0 spiro atoms. The molecule has 4 aromatic rings. The first kappa shape index (κ1) is 17.2.